The highest BCUT2D eigenvalue weighted by Gasteiger charge is 2.37. The number of hydrogen-bond donors (Lipinski definition) is 1. The molecule has 5 rings (SSSR count). The highest BCUT2D eigenvalue weighted by molar-refractivity contribution is 7.89. The van der Waals surface area contributed by atoms with E-state index in [1.54, 1.807) is 18.7 Å². The van der Waals surface area contributed by atoms with Crippen LogP contribution in [0.4, 0.5) is 15.8 Å². The largest absolute Gasteiger partial charge is 0.326 e. The molecular weight excluding hydrogens is 509 g/mol. The minimum absolute atomic E-state index is 0.0307. The van der Waals surface area contributed by atoms with E-state index in [1.165, 1.54) is 33.3 Å². The smallest absolute Gasteiger partial charge is 0.248 e. The number of carbonyl (C=O) groups excluding carboxylic acids is 2. The Morgan fingerprint density at radius 2 is 1.82 bits per heavy atom. The number of para-hydroxylation sites is 1. The van der Waals surface area contributed by atoms with Crippen molar-refractivity contribution in [3.63, 3.8) is 0 Å². The topological polar surface area (TPSA) is 105 Å². The summed E-state index contributed by atoms with van der Waals surface area (Å²) in [4.78, 5) is 27.8. The second kappa shape index (κ2) is 10.3. The Balaban J connectivity index is 1.31. The van der Waals surface area contributed by atoms with Gasteiger partial charge in [0, 0.05) is 31.0 Å². The number of rotatable bonds is 6. The quantitative estimate of drug-likeness (QED) is 0.518. The van der Waals surface area contributed by atoms with E-state index in [-0.39, 0.29) is 36.3 Å². The number of anilines is 2. The fourth-order valence-electron chi connectivity index (χ4n) is 5.30. The van der Waals surface area contributed by atoms with Gasteiger partial charge in [-0.1, -0.05) is 18.2 Å². The van der Waals surface area contributed by atoms with E-state index in [9.17, 15) is 22.4 Å². The lowest BCUT2D eigenvalue weighted by molar-refractivity contribution is -0.121. The van der Waals surface area contributed by atoms with E-state index >= 15 is 0 Å². The molecule has 1 fully saturated rings. The number of fused-ring (bicyclic) bond motifs is 1. The van der Waals surface area contributed by atoms with Crippen molar-refractivity contribution in [3.05, 3.63) is 71.3 Å². The van der Waals surface area contributed by atoms with E-state index in [1.807, 2.05) is 24.3 Å². The highest BCUT2D eigenvalue weighted by Crippen LogP contribution is 2.30. The van der Waals surface area contributed by atoms with Crippen molar-refractivity contribution in [2.75, 3.05) is 29.9 Å². The number of halogens is 1. The lowest BCUT2D eigenvalue weighted by atomic mass is 9.99. The minimum atomic E-state index is -3.96. The molecule has 1 aromatic heterocycles. The maximum atomic E-state index is 13.7. The van der Waals surface area contributed by atoms with Crippen LogP contribution in [0.5, 0.6) is 0 Å². The standard InChI is InChI=1S/C27H30FN5O4S/c1-18-26(19(2)33(30-18)17-25(34)32-15-13-20-6-3-4-8-24(20)32)38(36,37)31-14-5-7-21(16-31)27(35)29-23-11-9-22(28)10-12-23/h3-4,6,8-12,21H,5,7,13-17H2,1-2H3,(H,29,35)/t21-/m1/s1. The number of aryl methyl sites for hydroxylation is 1. The molecule has 0 bridgehead atoms. The molecule has 2 aromatic carbocycles. The monoisotopic (exact) mass is 539 g/mol. The zero-order chi connectivity index (χ0) is 27.0. The predicted molar refractivity (Wildman–Crippen MR) is 141 cm³/mol. The minimum Gasteiger partial charge on any atom is -0.326 e. The van der Waals surface area contributed by atoms with E-state index in [0.29, 0.717) is 36.5 Å². The van der Waals surface area contributed by atoms with E-state index in [0.717, 1.165) is 17.7 Å². The molecule has 0 spiro atoms. The molecule has 1 saturated heterocycles. The summed E-state index contributed by atoms with van der Waals surface area (Å²) in [6.45, 7) is 4.10. The fraction of sp³-hybridized carbons (Fsp3) is 0.370. The summed E-state index contributed by atoms with van der Waals surface area (Å²) in [6, 6.07) is 13.2. The average molecular weight is 540 g/mol. The molecule has 1 N–H and O–H groups in total. The Morgan fingerprint density at radius 1 is 1.08 bits per heavy atom. The first-order valence-corrected chi connectivity index (χ1v) is 14.1. The average Bonchev–Trinajstić information content (AvgIpc) is 3.46. The van der Waals surface area contributed by atoms with Crippen molar-refractivity contribution >= 4 is 33.2 Å². The van der Waals surface area contributed by atoms with Crippen LogP contribution in [0.1, 0.15) is 29.8 Å². The summed E-state index contributed by atoms with van der Waals surface area (Å²) >= 11 is 0. The molecule has 9 nitrogen and oxygen atoms in total. The number of amides is 2. The van der Waals surface area contributed by atoms with Gasteiger partial charge in [-0.15, -0.1) is 0 Å². The Morgan fingerprint density at radius 3 is 2.58 bits per heavy atom. The molecule has 11 heteroatoms. The first-order valence-electron chi connectivity index (χ1n) is 12.6. The van der Waals surface area contributed by atoms with Crippen LogP contribution in [-0.2, 0) is 32.6 Å². The van der Waals surface area contributed by atoms with Crippen LogP contribution in [0.2, 0.25) is 0 Å². The highest BCUT2D eigenvalue weighted by atomic mass is 32.2. The summed E-state index contributed by atoms with van der Waals surface area (Å²) < 4.78 is 43.4. The van der Waals surface area contributed by atoms with Crippen LogP contribution in [-0.4, -0.2) is 54.0 Å². The van der Waals surface area contributed by atoms with Crippen LogP contribution < -0.4 is 10.2 Å². The summed E-state index contributed by atoms with van der Waals surface area (Å²) in [6.07, 6.45) is 1.85. The second-order valence-corrected chi connectivity index (χ2v) is 11.7. The van der Waals surface area contributed by atoms with Crippen LogP contribution in [0.3, 0.4) is 0 Å². The summed E-state index contributed by atoms with van der Waals surface area (Å²) in [5, 5.41) is 7.16. The molecule has 0 saturated carbocycles. The lowest BCUT2D eigenvalue weighted by Crippen LogP contribution is -2.44. The molecule has 2 amide bonds. The van der Waals surface area contributed by atoms with Gasteiger partial charge in [-0.05, 0) is 69.0 Å². The zero-order valence-electron chi connectivity index (χ0n) is 21.4. The summed E-state index contributed by atoms with van der Waals surface area (Å²) in [7, 11) is -3.96. The predicted octanol–water partition coefficient (Wildman–Crippen LogP) is 3.27. The van der Waals surface area contributed by atoms with Crippen molar-refractivity contribution in [1.82, 2.24) is 14.1 Å². The lowest BCUT2D eigenvalue weighted by Gasteiger charge is -2.31. The Kier molecular flexibility index (Phi) is 7.06. The first-order chi connectivity index (χ1) is 18.1. The molecule has 2 aliphatic heterocycles. The van der Waals surface area contributed by atoms with Crippen LogP contribution in [0.15, 0.2) is 53.4 Å². The van der Waals surface area contributed by atoms with Crippen molar-refractivity contribution in [3.8, 4) is 0 Å². The molecule has 2 aliphatic rings. The number of carbonyl (C=O) groups is 2. The van der Waals surface area contributed by atoms with Gasteiger partial charge in [-0.2, -0.15) is 9.40 Å². The third kappa shape index (κ3) is 4.95. The van der Waals surface area contributed by atoms with E-state index in [4.69, 9.17) is 0 Å². The van der Waals surface area contributed by atoms with Crippen molar-refractivity contribution in [2.45, 2.75) is 44.6 Å². The Labute approximate surface area is 221 Å². The molecule has 1 atom stereocenters. The molecular formula is C27H30FN5O4S. The molecule has 0 radical (unpaired) electrons. The second-order valence-electron chi connectivity index (χ2n) is 9.78. The summed E-state index contributed by atoms with van der Waals surface area (Å²) in [5.41, 5.74) is 3.15. The Hall–Kier alpha value is -3.57. The molecule has 0 aliphatic carbocycles. The van der Waals surface area contributed by atoms with Gasteiger partial charge in [0.2, 0.25) is 21.8 Å². The SMILES string of the molecule is Cc1nn(CC(=O)N2CCc3ccccc32)c(C)c1S(=O)(=O)N1CCC[C@@H](C(=O)Nc2ccc(F)cc2)C1. The maximum Gasteiger partial charge on any atom is 0.248 e. The third-order valence-electron chi connectivity index (χ3n) is 7.25. The van der Waals surface area contributed by atoms with Gasteiger partial charge in [0.05, 0.1) is 17.3 Å². The first kappa shape index (κ1) is 26.1. The Bertz CT molecular complexity index is 1490. The van der Waals surface area contributed by atoms with Gasteiger partial charge in [-0.3, -0.25) is 14.3 Å². The normalized spacial score (nSPS) is 17.9. The van der Waals surface area contributed by atoms with Gasteiger partial charge in [0.1, 0.15) is 17.3 Å². The van der Waals surface area contributed by atoms with Crippen molar-refractivity contribution in [1.29, 1.82) is 0 Å². The number of hydrogen-bond acceptors (Lipinski definition) is 5. The van der Waals surface area contributed by atoms with Crippen molar-refractivity contribution in [2.24, 2.45) is 5.92 Å². The van der Waals surface area contributed by atoms with Crippen LogP contribution in [0.25, 0.3) is 0 Å². The van der Waals surface area contributed by atoms with Gasteiger partial charge in [-0.25, -0.2) is 12.8 Å². The maximum absolute atomic E-state index is 13.7. The summed E-state index contributed by atoms with van der Waals surface area (Å²) in [5.74, 6) is -1.41. The fourth-order valence-corrected chi connectivity index (χ4v) is 7.20. The van der Waals surface area contributed by atoms with Gasteiger partial charge < -0.3 is 10.2 Å². The van der Waals surface area contributed by atoms with Gasteiger partial charge in [0.15, 0.2) is 0 Å². The number of nitrogens with one attached hydrogen (secondary N) is 1. The number of aromatic nitrogens is 2. The van der Waals surface area contributed by atoms with Gasteiger partial charge in [0.25, 0.3) is 0 Å². The van der Waals surface area contributed by atoms with Crippen molar-refractivity contribution < 1.29 is 22.4 Å². The molecule has 200 valence electrons. The zero-order valence-corrected chi connectivity index (χ0v) is 22.2. The van der Waals surface area contributed by atoms with E-state index < -0.39 is 21.8 Å². The number of benzene rings is 2. The van der Waals surface area contributed by atoms with Crippen LogP contribution >= 0.6 is 0 Å². The van der Waals surface area contributed by atoms with E-state index in [2.05, 4.69) is 10.4 Å². The number of piperidine rings is 1. The van der Waals surface area contributed by atoms with Crippen LogP contribution in [0, 0.1) is 25.6 Å². The molecule has 0 unspecified atom stereocenters. The molecule has 38 heavy (non-hydrogen) atoms. The number of nitrogens with zero attached hydrogens (tertiary/aromatic N) is 4. The van der Waals surface area contributed by atoms with Gasteiger partial charge >= 0.3 is 0 Å². The molecule has 3 heterocycles. The number of sulfonamides is 1. The third-order valence-corrected chi connectivity index (χ3v) is 9.37. The molecule has 3 aromatic rings.